The minimum Gasteiger partial charge on any atom is -0.376 e. The fourth-order valence-corrected chi connectivity index (χ4v) is 2.12. The highest BCUT2D eigenvalue weighted by Gasteiger charge is 2.46. The van der Waals surface area contributed by atoms with Gasteiger partial charge in [0.05, 0.1) is 4.92 Å². The van der Waals surface area contributed by atoms with E-state index in [1.165, 1.54) is 12.1 Å². The zero-order chi connectivity index (χ0) is 14.9. The van der Waals surface area contributed by atoms with Crippen LogP contribution in [0.2, 0.25) is 0 Å². The number of rotatable bonds is 5. The minimum atomic E-state index is -0.431. The third-order valence-electron chi connectivity index (χ3n) is 3.64. The molecule has 2 rings (SSSR count). The number of benzene rings is 1. The average Bonchev–Trinajstić information content (AvgIpc) is 2.96. The lowest BCUT2D eigenvalue weighted by atomic mass is 10.1. The second-order valence-corrected chi connectivity index (χ2v) is 5.74. The van der Waals surface area contributed by atoms with Crippen molar-refractivity contribution in [2.24, 2.45) is 5.41 Å². The molecule has 20 heavy (non-hydrogen) atoms. The summed E-state index contributed by atoms with van der Waals surface area (Å²) in [5.74, 6) is -0.222. The van der Waals surface area contributed by atoms with E-state index in [4.69, 9.17) is 0 Å². The third kappa shape index (κ3) is 2.89. The highest BCUT2D eigenvalue weighted by molar-refractivity contribution is 5.95. The van der Waals surface area contributed by atoms with Gasteiger partial charge in [-0.3, -0.25) is 14.9 Å². The normalized spacial score (nSPS) is 19.2. The lowest BCUT2D eigenvalue weighted by Gasteiger charge is -2.10. The molecule has 0 bridgehead atoms. The molecule has 1 aromatic rings. The van der Waals surface area contributed by atoms with Crippen molar-refractivity contribution in [3.8, 4) is 0 Å². The quantitative estimate of drug-likeness (QED) is 0.640. The second kappa shape index (κ2) is 5.11. The molecule has 1 aliphatic carbocycles. The summed E-state index contributed by atoms with van der Waals surface area (Å²) in [7, 11) is 0. The summed E-state index contributed by atoms with van der Waals surface area (Å²) in [5, 5.41) is 16.9. The Balaban J connectivity index is 2.27. The second-order valence-electron chi connectivity index (χ2n) is 5.74. The molecule has 2 N–H and O–H groups in total. The lowest BCUT2D eigenvalue weighted by molar-refractivity contribution is -0.384. The van der Waals surface area contributed by atoms with Gasteiger partial charge in [-0.15, -0.1) is 0 Å². The summed E-state index contributed by atoms with van der Waals surface area (Å²) >= 11 is 0. The van der Waals surface area contributed by atoms with E-state index >= 15 is 0 Å². The molecule has 1 amide bonds. The molecule has 0 aromatic heterocycles. The molecule has 0 spiro atoms. The predicted octanol–water partition coefficient (Wildman–Crippen LogP) is 2.55. The van der Waals surface area contributed by atoms with E-state index < -0.39 is 4.92 Å². The van der Waals surface area contributed by atoms with E-state index in [2.05, 4.69) is 24.5 Å². The topological polar surface area (TPSA) is 84.3 Å². The van der Waals surface area contributed by atoms with Crippen LogP contribution in [0.15, 0.2) is 18.2 Å². The van der Waals surface area contributed by atoms with Crippen LogP contribution in [0.4, 0.5) is 11.4 Å². The predicted molar refractivity (Wildman–Crippen MR) is 76.9 cm³/mol. The highest BCUT2D eigenvalue weighted by Crippen LogP contribution is 2.47. The van der Waals surface area contributed by atoms with Gasteiger partial charge in [0.15, 0.2) is 0 Å². The van der Waals surface area contributed by atoms with Gasteiger partial charge in [0.25, 0.3) is 11.6 Å². The van der Waals surface area contributed by atoms with Crippen LogP contribution in [0.5, 0.6) is 0 Å². The van der Waals surface area contributed by atoms with E-state index in [1.807, 2.05) is 6.92 Å². The smallest absolute Gasteiger partial charge is 0.292 e. The lowest BCUT2D eigenvalue weighted by Crippen LogP contribution is -2.23. The number of nitrogens with zero attached hydrogens (tertiary/aromatic N) is 1. The largest absolute Gasteiger partial charge is 0.376 e. The van der Waals surface area contributed by atoms with Crippen molar-refractivity contribution in [2.45, 2.75) is 33.2 Å². The molecule has 0 heterocycles. The van der Waals surface area contributed by atoms with Crippen LogP contribution in [-0.4, -0.2) is 23.4 Å². The van der Waals surface area contributed by atoms with Gasteiger partial charge in [-0.2, -0.15) is 0 Å². The highest BCUT2D eigenvalue weighted by atomic mass is 16.6. The summed E-state index contributed by atoms with van der Waals surface area (Å²) in [4.78, 5) is 22.4. The summed E-state index contributed by atoms with van der Waals surface area (Å²) in [6.45, 7) is 6.55. The summed E-state index contributed by atoms with van der Waals surface area (Å²) in [6, 6.07) is 4.62. The van der Waals surface area contributed by atoms with E-state index in [1.54, 1.807) is 6.07 Å². The molecule has 108 valence electrons. The molecular weight excluding hydrogens is 258 g/mol. The molecule has 0 aliphatic heterocycles. The van der Waals surface area contributed by atoms with Gasteiger partial charge in [0, 0.05) is 24.2 Å². The van der Waals surface area contributed by atoms with E-state index in [9.17, 15) is 14.9 Å². The Labute approximate surface area is 117 Å². The maximum atomic E-state index is 11.8. The Hall–Kier alpha value is -2.11. The van der Waals surface area contributed by atoms with Gasteiger partial charge >= 0.3 is 0 Å². The first-order valence-electron chi connectivity index (χ1n) is 6.68. The summed E-state index contributed by atoms with van der Waals surface area (Å²) in [5.41, 5.74) is 0.990. The standard InChI is InChI=1S/C14H19N3O3/c1-4-15-13(18)9-5-6-11(17(19)20)10(7-9)16-12-8-14(12,2)3/h5-7,12,16H,4,8H2,1-3H3,(H,15,18). The van der Waals surface area contributed by atoms with Gasteiger partial charge < -0.3 is 10.6 Å². The Morgan fingerprint density at radius 1 is 1.50 bits per heavy atom. The Morgan fingerprint density at radius 3 is 2.65 bits per heavy atom. The van der Waals surface area contributed by atoms with Crippen LogP contribution < -0.4 is 10.6 Å². The van der Waals surface area contributed by atoms with Gasteiger partial charge in [-0.1, -0.05) is 13.8 Å². The van der Waals surface area contributed by atoms with Gasteiger partial charge in [-0.25, -0.2) is 0 Å². The van der Waals surface area contributed by atoms with Crippen molar-refractivity contribution in [1.82, 2.24) is 5.32 Å². The van der Waals surface area contributed by atoms with Crippen LogP contribution in [-0.2, 0) is 0 Å². The van der Waals surface area contributed by atoms with Crippen molar-refractivity contribution < 1.29 is 9.72 Å². The number of nitro benzene ring substituents is 1. The SMILES string of the molecule is CCNC(=O)c1ccc([N+](=O)[O-])c(NC2CC2(C)C)c1. The van der Waals surface area contributed by atoms with Crippen LogP contribution in [0.25, 0.3) is 0 Å². The molecular formula is C14H19N3O3. The average molecular weight is 277 g/mol. The van der Waals surface area contributed by atoms with Crippen LogP contribution >= 0.6 is 0 Å². The number of nitrogens with one attached hydrogen (secondary N) is 2. The minimum absolute atomic E-state index is 0.000693. The number of hydrogen-bond donors (Lipinski definition) is 2. The zero-order valence-electron chi connectivity index (χ0n) is 11.9. The number of amides is 1. The molecule has 6 nitrogen and oxygen atoms in total. The first-order valence-corrected chi connectivity index (χ1v) is 6.68. The molecule has 1 saturated carbocycles. The molecule has 0 saturated heterocycles. The van der Waals surface area contributed by atoms with Gasteiger partial charge in [0.2, 0.25) is 0 Å². The number of hydrogen-bond acceptors (Lipinski definition) is 4. The first kappa shape index (κ1) is 14.3. The number of carbonyl (C=O) groups is 1. The molecule has 1 aromatic carbocycles. The van der Waals surface area contributed by atoms with Crippen LogP contribution in [0.1, 0.15) is 37.6 Å². The summed E-state index contributed by atoms with van der Waals surface area (Å²) in [6.07, 6.45) is 0.968. The Kier molecular flexibility index (Phi) is 3.65. The third-order valence-corrected chi connectivity index (χ3v) is 3.64. The summed E-state index contributed by atoms with van der Waals surface area (Å²) < 4.78 is 0. The molecule has 1 atom stereocenters. The van der Waals surface area contributed by atoms with E-state index in [-0.39, 0.29) is 23.1 Å². The van der Waals surface area contributed by atoms with Crippen molar-refractivity contribution >= 4 is 17.3 Å². The fourth-order valence-electron chi connectivity index (χ4n) is 2.12. The van der Waals surface area contributed by atoms with Crippen molar-refractivity contribution in [2.75, 3.05) is 11.9 Å². The Bertz CT molecular complexity index is 555. The zero-order valence-corrected chi connectivity index (χ0v) is 11.9. The number of anilines is 1. The van der Waals surface area contributed by atoms with E-state index in [0.717, 1.165) is 6.42 Å². The monoisotopic (exact) mass is 277 g/mol. The fraction of sp³-hybridized carbons (Fsp3) is 0.500. The van der Waals surface area contributed by atoms with Gasteiger partial charge in [0.1, 0.15) is 5.69 Å². The number of nitro groups is 1. The van der Waals surface area contributed by atoms with Crippen molar-refractivity contribution in [1.29, 1.82) is 0 Å². The van der Waals surface area contributed by atoms with Crippen LogP contribution in [0, 0.1) is 15.5 Å². The van der Waals surface area contributed by atoms with Crippen LogP contribution in [0.3, 0.4) is 0 Å². The molecule has 6 heteroatoms. The maximum Gasteiger partial charge on any atom is 0.292 e. The molecule has 1 aliphatic rings. The van der Waals surface area contributed by atoms with Crippen molar-refractivity contribution in [3.63, 3.8) is 0 Å². The first-order chi connectivity index (χ1) is 9.35. The Morgan fingerprint density at radius 2 is 2.15 bits per heavy atom. The molecule has 1 unspecified atom stereocenters. The van der Waals surface area contributed by atoms with Crippen molar-refractivity contribution in [3.05, 3.63) is 33.9 Å². The van der Waals surface area contributed by atoms with Gasteiger partial charge in [-0.05, 0) is 30.9 Å². The maximum absolute atomic E-state index is 11.8. The van der Waals surface area contributed by atoms with E-state index in [0.29, 0.717) is 17.8 Å². The molecule has 1 fully saturated rings. The molecule has 0 radical (unpaired) electrons. The number of carbonyl (C=O) groups excluding carboxylic acids is 1.